The number of anilines is 2. The monoisotopic (exact) mass is 613 g/mol. The second kappa shape index (κ2) is 15.7. The Kier molecular flexibility index (Phi) is 11.8. The molecule has 1 saturated carbocycles. The van der Waals surface area contributed by atoms with Crippen molar-refractivity contribution in [2.75, 3.05) is 43.4 Å². The number of nitrogens with one attached hydrogen (secondary N) is 1. The van der Waals surface area contributed by atoms with Gasteiger partial charge in [0.15, 0.2) is 0 Å². The molecule has 1 aliphatic carbocycles. The van der Waals surface area contributed by atoms with Crippen molar-refractivity contribution in [3.8, 4) is 0 Å². The van der Waals surface area contributed by atoms with E-state index in [9.17, 15) is 4.79 Å². The van der Waals surface area contributed by atoms with Crippen LogP contribution in [0.2, 0.25) is 0 Å². The largest absolute Gasteiger partial charge is 0.388 e. The average molecular weight is 615 g/mol. The molecule has 1 heterocycles. The maximum absolute atomic E-state index is 9.97. The smallest absolute Gasteiger partial charge is 0.124 e. The number of carbonyl (C=O) groups excluding carboxylic acids is 1. The summed E-state index contributed by atoms with van der Waals surface area (Å²) in [5, 5.41) is 6.08. The topological polar surface area (TPSA) is 35.6 Å². The number of nitrogens with zero attached hydrogens (tertiary/aromatic N) is 2. The van der Waals surface area contributed by atoms with Crippen LogP contribution in [0.15, 0.2) is 77.3 Å². The van der Waals surface area contributed by atoms with Gasteiger partial charge in [0.25, 0.3) is 0 Å². The molecule has 0 unspecified atom stereocenters. The Morgan fingerprint density at radius 3 is 2.27 bits per heavy atom. The average Bonchev–Trinajstić information content (AvgIpc) is 3.84. The molecule has 3 aromatic carbocycles. The zero-order valence-corrected chi connectivity index (χ0v) is 26.4. The molecular weight excluding hydrogens is 570 g/mol. The second-order valence-electron chi connectivity index (χ2n) is 10.8. The molecule has 0 amide bonds. The van der Waals surface area contributed by atoms with Crippen molar-refractivity contribution in [3.05, 3.63) is 104 Å². The number of hydrogen-bond acceptors (Lipinski definition) is 4. The van der Waals surface area contributed by atoms with Gasteiger partial charge in [-0.15, -0.1) is 0 Å². The van der Waals surface area contributed by atoms with Gasteiger partial charge in [0.2, 0.25) is 0 Å². The van der Waals surface area contributed by atoms with Gasteiger partial charge in [-0.25, -0.2) is 0 Å². The van der Waals surface area contributed by atoms with Crippen molar-refractivity contribution >= 4 is 45.7 Å². The van der Waals surface area contributed by atoms with Crippen LogP contribution in [0, 0.1) is 0 Å². The van der Waals surface area contributed by atoms with Gasteiger partial charge in [0, 0.05) is 62.0 Å². The Morgan fingerprint density at radius 1 is 0.976 bits per heavy atom. The lowest BCUT2D eigenvalue weighted by atomic mass is 9.99. The number of benzene rings is 3. The molecule has 2 aliphatic rings. The summed E-state index contributed by atoms with van der Waals surface area (Å²) in [6.45, 7) is 9.67. The van der Waals surface area contributed by atoms with Crippen LogP contribution >= 0.6 is 15.9 Å². The lowest BCUT2D eigenvalue weighted by molar-refractivity contribution is -0.107. The predicted molar refractivity (Wildman–Crippen MR) is 179 cm³/mol. The summed E-state index contributed by atoms with van der Waals surface area (Å²) in [4.78, 5) is 15.1. The van der Waals surface area contributed by atoms with E-state index in [1.807, 2.05) is 37.4 Å². The minimum atomic E-state index is 0.529. The summed E-state index contributed by atoms with van der Waals surface area (Å²) in [5.41, 5.74) is 6.53. The number of piperazine rings is 1. The minimum Gasteiger partial charge on any atom is -0.388 e. The van der Waals surface area contributed by atoms with Crippen molar-refractivity contribution in [2.45, 2.75) is 52.0 Å². The van der Waals surface area contributed by atoms with Gasteiger partial charge in [-0.3, -0.25) is 4.90 Å². The molecule has 1 N–H and O–H groups in total. The first-order valence-electron chi connectivity index (χ1n) is 14.9. The summed E-state index contributed by atoms with van der Waals surface area (Å²) >= 11 is 3.94. The molecule has 2 fully saturated rings. The summed E-state index contributed by atoms with van der Waals surface area (Å²) in [5.74, 6) is 0.729. The highest BCUT2D eigenvalue weighted by Gasteiger charge is 2.28. The highest BCUT2D eigenvalue weighted by Crippen LogP contribution is 2.41. The SMILES string of the molecule is C\C=C/C=c1/c(CN2CCN(c3ccc(NC)cc3)CC2)cc(Br)c(C2CC2)/c1=C\CC.O=CCc1ccccc1. The van der Waals surface area contributed by atoms with E-state index in [4.69, 9.17) is 0 Å². The van der Waals surface area contributed by atoms with E-state index in [2.05, 4.69) is 99.5 Å². The summed E-state index contributed by atoms with van der Waals surface area (Å²) in [6.07, 6.45) is 14.2. The first-order chi connectivity index (χ1) is 20.1. The van der Waals surface area contributed by atoms with Gasteiger partial charge >= 0.3 is 0 Å². The van der Waals surface area contributed by atoms with Crippen LogP contribution in [0.4, 0.5) is 11.4 Å². The Balaban J connectivity index is 0.000000367. The van der Waals surface area contributed by atoms with Crippen molar-refractivity contribution in [2.24, 2.45) is 0 Å². The third kappa shape index (κ3) is 8.67. The molecule has 3 aromatic rings. The number of carbonyl (C=O) groups is 1. The molecular formula is C36H44BrN3O. The molecule has 0 radical (unpaired) electrons. The standard InChI is InChI=1S/C28H36BrN3.C8H8O/c1-4-6-8-25-22(19-27(29)28(21-9-10-21)26(25)7-5-2)20-31-15-17-32(18-16-31)24-13-11-23(30-3)12-14-24;9-7-6-8-4-2-1-3-5-8/h4,6-8,11-14,19,21,30H,5,9-10,15-18,20H2,1-3H3;1-5,7H,6H2/b6-4-,25-8-,26-7-;. The van der Waals surface area contributed by atoms with Gasteiger partial charge < -0.3 is 15.0 Å². The first kappa shape index (κ1) is 30.8. The van der Waals surface area contributed by atoms with Crippen molar-refractivity contribution in [1.82, 2.24) is 4.90 Å². The molecule has 5 heteroatoms. The quantitative estimate of drug-likeness (QED) is 0.274. The zero-order chi connectivity index (χ0) is 29.0. The van der Waals surface area contributed by atoms with E-state index in [-0.39, 0.29) is 0 Å². The Bertz CT molecular complexity index is 1400. The molecule has 1 aliphatic heterocycles. The number of rotatable bonds is 9. The Morgan fingerprint density at radius 2 is 1.68 bits per heavy atom. The highest BCUT2D eigenvalue weighted by atomic mass is 79.9. The fourth-order valence-electron chi connectivity index (χ4n) is 5.44. The van der Waals surface area contributed by atoms with Gasteiger partial charge in [-0.1, -0.05) is 77.5 Å². The third-order valence-corrected chi connectivity index (χ3v) is 8.44. The van der Waals surface area contributed by atoms with Crippen molar-refractivity contribution in [1.29, 1.82) is 0 Å². The molecule has 0 aromatic heterocycles. The molecule has 0 atom stereocenters. The lowest BCUT2D eigenvalue weighted by Gasteiger charge is -2.36. The summed E-state index contributed by atoms with van der Waals surface area (Å²) < 4.78 is 1.30. The number of hydrogen-bond donors (Lipinski definition) is 1. The van der Waals surface area contributed by atoms with E-state index in [1.165, 1.54) is 44.6 Å². The molecule has 5 rings (SSSR count). The normalized spacial score (nSPS) is 16.5. The van der Waals surface area contributed by atoms with Crippen LogP contribution in [0.1, 0.15) is 55.7 Å². The van der Waals surface area contributed by atoms with E-state index in [0.717, 1.165) is 62.6 Å². The maximum Gasteiger partial charge on any atom is 0.124 e. The fourth-order valence-corrected chi connectivity index (χ4v) is 6.25. The van der Waals surface area contributed by atoms with E-state index in [1.54, 1.807) is 0 Å². The molecule has 1 saturated heterocycles. The maximum atomic E-state index is 9.97. The molecule has 41 heavy (non-hydrogen) atoms. The van der Waals surface area contributed by atoms with Crippen molar-refractivity contribution < 1.29 is 4.79 Å². The van der Waals surface area contributed by atoms with Gasteiger partial charge in [0.1, 0.15) is 6.29 Å². The number of allylic oxidation sites excluding steroid dienone is 2. The zero-order valence-electron chi connectivity index (χ0n) is 24.8. The van der Waals surface area contributed by atoms with E-state index in [0.29, 0.717) is 6.42 Å². The van der Waals surface area contributed by atoms with Gasteiger partial charge in [-0.2, -0.15) is 0 Å². The molecule has 0 spiro atoms. The van der Waals surface area contributed by atoms with Crippen LogP contribution in [-0.2, 0) is 17.8 Å². The predicted octanol–water partition coefficient (Wildman–Crippen LogP) is 6.67. The second-order valence-corrected chi connectivity index (χ2v) is 11.6. The first-order valence-corrected chi connectivity index (χ1v) is 15.7. The summed E-state index contributed by atoms with van der Waals surface area (Å²) in [7, 11) is 1.97. The minimum absolute atomic E-state index is 0.529. The fraction of sp³-hybridized carbons (Fsp3) is 0.361. The number of halogens is 1. The van der Waals surface area contributed by atoms with E-state index < -0.39 is 0 Å². The highest BCUT2D eigenvalue weighted by molar-refractivity contribution is 9.10. The van der Waals surface area contributed by atoms with Crippen LogP contribution < -0.4 is 20.7 Å². The third-order valence-electron chi connectivity index (χ3n) is 7.78. The molecule has 4 nitrogen and oxygen atoms in total. The van der Waals surface area contributed by atoms with Gasteiger partial charge in [0.05, 0.1) is 0 Å². The van der Waals surface area contributed by atoms with Crippen molar-refractivity contribution in [3.63, 3.8) is 0 Å². The van der Waals surface area contributed by atoms with Gasteiger partial charge in [-0.05, 0) is 89.6 Å². The number of aldehydes is 1. The Labute approximate surface area is 254 Å². The van der Waals surface area contributed by atoms with Crippen LogP contribution in [0.5, 0.6) is 0 Å². The molecule has 0 bridgehead atoms. The van der Waals surface area contributed by atoms with Crippen LogP contribution in [0.25, 0.3) is 12.2 Å². The van der Waals surface area contributed by atoms with E-state index >= 15 is 0 Å². The summed E-state index contributed by atoms with van der Waals surface area (Å²) in [6, 6.07) is 20.9. The Hall–Kier alpha value is -3.15. The van der Waals surface area contributed by atoms with Crippen LogP contribution in [0.3, 0.4) is 0 Å². The lowest BCUT2D eigenvalue weighted by Crippen LogP contribution is -2.47. The van der Waals surface area contributed by atoms with Crippen LogP contribution in [-0.4, -0.2) is 44.4 Å². The molecule has 216 valence electrons.